The van der Waals surface area contributed by atoms with E-state index in [0.29, 0.717) is 5.56 Å². The fraction of sp³-hybridized carbons (Fsp3) is 0.125. The van der Waals surface area contributed by atoms with Gasteiger partial charge in [0.2, 0.25) is 10.0 Å². The van der Waals surface area contributed by atoms with Gasteiger partial charge in [0, 0.05) is 22.3 Å². The molecule has 0 spiro atoms. The van der Waals surface area contributed by atoms with Gasteiger partial charge in [0.05, 0.1) is 27.8 Å². The van der Waals surface area contributed by atoms with Crippen LogP contribution in [0.3, 0.4) is 0 Å². The molecule has 3 N–H and O–H groups in total. The summed E-state index contributed by atoms with van der Waals surface area (Å²) in [6.07, 6.45) is 0. The highest BCUT2D eigenvalue weighted by molar-refractivity contribution is 7.93. The van der Waals surface area contributed by atoms with Gasteiger partial charge in [0.25, 0.3) is 0 Å². The molecule has 0 radical (unpaired) electrons. The molecule has 0 heterocycles. The number of sulfonamides is 1. The van der Waals surface area contributed by atoms with Gasteiger partial charge in [-0.25, -0.2) is 8.42 Å². The third kappa shape index (κ3) is 3.38. The summed E-state index contributed by atoms with van der Waals surface area (Å²) in [5, 5.41) is -0.814. The third-order valence-electron chi connectivity index (χ3n) is 5.39. The average Bonchev–Trinajstić information content (AvgIpc) is 2.78. The quantitative estimate of drug-likeness (QED) is 0.356. The van der Waals surface area contributed by atoms with Crippen LogP contribution in [0.4, 0.5) is 11.4 Å². The molecule has 0 saturated heterocycles. The molecule has 7 nitrogen and oxygen atoms in total. The molecule has 0 aliphatic heterocycles. The van der Waals surface area contributed by atoms with Crippen molar-refractivity contribution in [2.24, 2.45) is 0 Å². The molecule has 3 aromatic carbocycles. The number of hydrogen-bond donors (Lipinski definition) is 2. The Morgan fingerprint density at radius 1 is 0.875 bits per heavy atom. The first-order chi connectivity index (χ1) is 15.1. The van der Waals surface area contributed by atoms with Crippen molar-refractivity contribution in [1.29, 1.82) is 0 Å². The van der Waals surface area contributed by atoms with Crippen molar-refractivity contribution in [3.63, 3.8) is 0 Å². The Morgan fingerprint density at radius 3 is 1.97 bits per heavy atom. The highest BCUT2D eigenvalue weighted by atomic mass is 32.2. The topological polar surface area (TPSA) is 123 Å². The molecular weight excluding hydrogens is 428 g/mol. The minimum absolute atomic E-state index is 0.0584. The van der Waals surface area contributed by atoms with Gasteiger partial charge in [-0.1, -0.05) is 54.6 Å². The first-order valence-corrected chi connectivity index (χ1v) is 11.4. The number of nitrogens with one attached hydrogen (secondary N) is 1. The number of ketones is 3. The standard InChI is InChI=1S/C24H20N2O5S/c1-13(2)32(30,31)26-18-12-17(22(27)14-8-4-3-5-9-14)21(25)20-19(18)23(28)15-10-6-7-11-16(15)24(20)29/h3-13,26H,25H2,1-2H3. The Hall–Kier alpha value is -3.78. The lowest BCUT2D eigenvalue weighted by molar-refractivity contribution is 0.0979. The fourth-order valence-electron chi connectivity index (χ4n) is 3.60. The Morgan fingerprint density at radius 2 is 1.41 bits per heavy atom. The Balaban J connectivity index is 2.02. The van der Waals surface area contributed by atoms with Crippen LogP contribution in [0.1, 0.15) is 61.6 Å². The van der Waals surface area contributed by atoms with Crippen molar-refractivity contribution >= 4 is 38.7 Å². The van der Waals surface area contributed by atoms with Gasteiger partial charge in [-0.15, -0.1) is 0 Å². The highest BCUT2D eigenvalue weighted by Gasteiger charge is 2.36. The van der Waals surface area contributed by atoms with Crippen LogP contribution in [0.15, 0.2) is 60.7 Å². The summed E-state index contributed by atoms with van der Waals surface area (Å²) in [6, 6.07) is 15.7. The van der Waals surface area contributed by atoms with Crippen molar-refractivity contribution in [1.82, 2.24) is 0 Å². The van der Waals surface area contributed by atoms with Crippen LogP contribution in [0.25, 0.3) is 0 Å². The summed E-state index contributed by atoms with van der Waals surface area (Å²) >= 11 is 0. The summed E-state index contributed by atoms with van der Waals surface area (Å²) in [4.78, 5) is 39.8. The Kier molecular flexibility index (Phi) is 5.18. The average molecular weight is 449 g/mol. The molecule has 4 rings (SSSR count). The van der Waals surface area contributed by atoms with E-state index in [9.17, 15) is 22.8 Å². The van der Waals surface area contributed by atoms with Gasteiger partial charge in [0.15, 0.2) is 17.3 Å². The molecule has 162 valence electrons. The molecule has 1 aliphatic carbocycles. The second-order valence-corrected chi connectivity index (χ2v) is 9.97. The van der Waals surface area contributed by atoms with Gasteiger partial charge in [-0.05, 0) is 19.9 Å². The third-order valence-corrected chi connectivity index (χ3v) is 7.14. The van der Waals surface area contributed by atoms with Crippen LogP contribution in [0, 0.1) is 0 Å². The molecular formula is C24H20N2O5S. The fourth-order valence-corrected chi connectivity index (χ4v) is 4.31. The molecule has 0 fully saturated rings. The predicted octanol–water partition coefficient (Wildman–Crippen LogP) is 3.43. The molecule has 3 aromatic rings. The smallest absolute Gasteiger partial charge is 0.235 e. The molecule has 8 heteroatoms. The SMILES string of the molecule is CC(C)S(=O)(=O)Nc1cc(C(=O)c2ccccc2)c(N)c2c1C(=O)c1ccccc1C2=O. The second-order valence-electron chi connectivity index (χ2n) is 7.73. The number of nitrogens with two attached hydrogens (primary N) is 1. The lowest BCUT2D eigenvalue weighted by Crippen LogP contribution is -2.28. The summed E-state index contributed by atoms with van der Waals surface area (Å²) in [7, 11) is -3.89. The maximum absolute atomic E-state index is 13.3. The van der Waals surface area contributed by atoms with E-state index >= 15 is 0 Å². The van der Waals surface area contributed by atoms with Crippen LogP contribution < -0.4 is 10.5 Å². The predicted molar refractivity (Wildman–Crippen MR) is 122 cm³/mol. The minimum Gasteiger partial charge on any atom is -0.398 e. The van der Waals surface area contributed by atoms with Gasteiger partial charge in [-0.2, -0.15) is 0 Å². The van der Waals surface area contributed by atoms with Crippen LogP contribution in [-0.2, 0) is 10.0 Å². The zero-order chi connectivity index (χ0) is 23.2. The van der Waals surface area contributed by atoms with Crippen molar-refractivity contribution in [3.8, 4) is 0 Å². The summed E-state index contributed by atoms with van der Waals surface area (Å²) < 4.78 is 27.7. The maximum Gasteiger partial charge on any atom is 0.235 e. The number of carbonyl (C=O) groups excluding carboxylic acids is 3. The van der Waals surface area contributed by atoms with E-state index in [0.717, 1.165) is 0 Å². The van der Waals surface area contributed by atoms with Crippen LogP contribution in [0.5, 0.6) is 0 Å². The number of fused-ring (bicyclic) bond motifs is 2. The number of benzene rings is 3. The van der Waals surface area contributed by atoms with E-state index in [-0.39, 0.29) is 39.2 Å². The van der Waals surface area contributed by atoms with E-state index in [1.165, 1.54) is 32.0 Å². The number of carbonyl (C=O) groups is 3. The number of anilines is 2. The maximum atomic E-state index is 13.3. The largest absolute Gasteiger partial charge is 0.398 e. The first-order valence-electron chi connectivity index (χ1n) is 9.89. The van der Waals surface area contributed by atoms with Crippen molar-refractivity contribution in [3.05, 3.63) is 94.0 Å². The number of nitrogen functional groups attached to an aromatic ring is 1. The van der Waals surface area contributed by atoms with E-state index in [2.05, 4.69) is 4.72 Å². The second kappa shape index (κ2) is 7.72. The zero-order valence-corrected chi connectivity index (χ0v) is 18.2. The Bertz CT molecular complexity index is 1390. The van der Waals surface area contributed by atoms with Crippen LogP contribution >= 0.6 is 0 Å². The molecule has 0 amide bonds. The molecule has 0 atom stereocenters. The lowest BCUT2D eigenvalue weighted by atomic mass is 9.80. The van der Waals surface area contributed by atoms with Gasteiger partial charge in [0.1, 0.15) is 0 Å². The van der Waals surface area contributed by atoms with Crippen LogP contribution in [0.2, 0.25) is 0 Å². The van der Waals surface area contributed by atoms with Crippen LogP contribution in [-0.4, -0.2) is 31.0 Å². The van der Waals surface area contributed by atoms with Crippen molar-refractivity contribution in [2.45, 2.75) is 19.1 Å². The summed E-state index contributed by atoms with van der Waals surface area (Å²) in [6.45, 7) is 2.95. The van der Waals surface area contributed by atoms with Gasteiger partial charge >= 0.3 is 0 Å². The molecule has 0 aromatic heterocycles. The molecule has 1 aliphatic rings. The van der Waals surface area contributed by atoms with E-state index in [4.69, 9.17) is 5.73 Å². The summed E-state index contributed by atoms with van der Waals surface area (Å²) in [5.74, 6) is -1.57. The van der Waals surface area contributed by atoms with Crippen molar-refractivity contribution in [2.75, 3.05) is 10.5 Å². The van der Waals surface area contributed by atoms with Gasteiger partial charge in [-0.3, -0.25) is 19.1 Å². The molecule has 32 heavy (non-hydrogen) atoms. The molecule has 0 unspecified atom stereocenters. The Labute approximate surface area is 185 Å². The highest BCUT2D eigenvalue weighted by Crippen LogP contribution is 2.38. The first kappa shape index (κ1) is 21.5. The minimum atomic E-state index is -3.89. The number of rotatable bonds is 5. The normalized spacial score (nSPS) is 13.0. The zero-order valence-electron chi connectivity index (χ0n) is 17.4. The van der Waals surface area contributed by atoms with E-state index in [1.807, 2.05) is 0 Å². The monoisotopic (exact) mass is 448 g/mol. The number of hydrogen-bond acceptors (Lipinski definition) is 6. The lowest BCUT2D eigenvalue weighted by Gasteiger charge is -2.24. The van der Waals surface area contributed by atoms with Crippen molar-refractivity contribution < 1.29 is 22.8 Å². The summed E-state index contributed by atoms with van der Waals surface area (Å²) in [5.41, 5.74) is 6.20. The molecule has 0 bridgehead atoms. The van der Waals surface area contributed by atoms with E-state index < -0.39 is 32.6 Å². The van der Waals surface area contributed by atoms with E-state index in [1.54, 1.807) is 42.5 Å². The van der Waals surface area contributed by atoms with Gasteiger partial charge < -0.3 is 5.73 Å². The molecule has 0 saturated carbocycles.